The van der Waals surface area contributed by atoms with Gasteiger partial charge in [0.25, 0.3) is 0 Å². The highest BCUT2D eigenvalue weighted by Crippen LogP contribution is 2.29. The van der Waals surface area contributed by atoms with E-state index in [9.17, 15) is 18.0 Å². The number of hydrogen-bond donors (Lipinski definition) is 0. The van der Waals surface area contributed by atoms with Gasteiger partial charge >= 0.3 is 6.18 Å². The molecule has 0 aliphatic carbocycles. The molecule has 6 heteroatoms. The Hall–Kier alpha value is -1.14. The van der Waals surface area contributed by atoms with Gasteiger partial charge in [0.05, 0.1) is 5.56 Å². The summed E-state index contributed by atoms with van der Waals surface area (Å²) in [4.78, 5) is 12.2. The van der Waals surface area contributed by atoms with E-state index in [2.05, 4.69) is 31.9 Å². The van der Waals surface area contributed by atoms with Gasteiger partial charge in [-0.25, -0.2) is 0 Å². The molecule has 1 nitrogen and oxygen atoms in total. The van der Waals surface area contributed by atoms with Crippen LogP contribution in [0.1, 0.15) is 21.5 Å². The molecule has 0 aliphatic heterocycles. The predicted molar refractivity (Wildman–Crippen MR) is 76.7 cm³/mol. The van der Waals surface area contributed by atoms with Crippen molar-refractivity contribution in [1.29, 1.82) is 0 Å². The monoisotopic (exact) mass is 406 g/mol. The van der Waals surface area contributed by atoms with Gasteiger partial charge < -0.3 is 0 Å². The Labute approximate surface area is 130 Å². The Morgan fingerprint density at radius 3 is 1.80 bits per heavy atom. The molecule has 0 N–H and O–H groups in total. The van der Waals surface area contributed by atoms with Crippen LogP contribution in [0, 0.1) is 0 Å². The van der Waals surface area contributed by atoms with Crippen LogP contribution >= 0.6 is 31.9 Å². The minimum Gasteiger partial charge on any atom is -0.289 e. The molecule has 2 aromatic carbocycles. The normalized spacial score (nSPS) is 11.4. The van der Waals surface area contributed by atoms with E-state index in [1.54, 1.807) is 18.2 Å². The summed E-state index contributed by atoms with van der Waals surface area (Å²) in [5.74, 6) is -0.333. The van der Waals surface area contributed by atoms with Gasteiger partial charge in [0, 0.05) is 20.1 Å². The van der Waals surface area contributed by atoms with E-state index in [0.29, 0.717) is 14.5 Å². The molecular weight excluding hydrogens is 401 g/mol. The molecule has 0 saturated heterocycles. The van der Waals surface area contributed by atoms with Crippen molar-refractivity contribution < 1.29 is 18.0 Å². The van der Waals surface area contributed by atoms with Crippen LogP contribution in [0.5, 0.6) is 0 Å². The third-order valence-corrected chi connectivity index (χ3v) is 3.51. The lowest BCUT2D eigenvalue weighted by Gasteiger charge is -2.07. The molecule has 0 fully saturated rings. The number of rotatable bonds is 2. The van der Waals surface area contributed by atoms with Gasteiger partial charge in [-0.3, -0.25) is 4.79 Å². The Bertz CT molecular complexity index is 628. The van der Waals surface area contributed by atoms with E-state index in [1.165, 1.54) is 12.1 Å². The fraction of sp³-hybridized carbons (Fsp3) is 0.0714. The lowest BCUT2D eigenvalue weighted by atomic mass is 10.0. The summed E-state index contributed by atoms with van der Waals surface area (Å²) < 4.78 is 38.8. The summed E-state index contributed by atoms with van der Waals surface area (Å²) in [6.45, 7) is 0. The highest BCUT2D eigenvalue weighted by Gasteiger charge is 2.30. The van der Waals surface area contributed by atoms with Crippen molar-refractivity contribution in [2.75, 3.05) is 0 Å². The largest absolute Gasteiger partial charge is 0.416 e. The molecule has 2 rings (SSSR count). The summed E-state index contributed by atoms with van der Waals surface area (Å²) in [6, 6.07) is 9.17. The predicted octanol–water partition coefficient (Wildman–Crippen LogP) is 5.46. The van der Waals surface area contributed by atoms with Gasteiger partial charge in [0.1, 0.15) is 0 Å². The van der Waals surface area contributed by atoms with Crippen molar-refractivity contribution in [3.05, 3.63) is 68.1 Å². The van der Waals surface area contributed by atoms with Crippen LogP contribution in [0.25, 0.3) is 0 Å². The Kier molecular flexibility index (Phi) is 4.34. The quantitative estimate of drug-likeness (QED) is 0.604. The van der Waals surface area contributed by atoms with E-state index in [4.69, 9.17) is 0 Å². The highest BCUT2D eigenvalue weighted by atomic mass is 79.9. The van der Waals surface area contributed by atoms with Crippen molar-refractivity contribution in [3.8, 4) is 0 Å². The molecule has 0 saturated carbocycles. The number of ketones is 1. The average Bonchev–Trinajstić information content (AvgIpc) is 2.36. The van der Waals surface area contributed by atoms with Gasteiger partial charge in [0.2, 0.25) is 0 Å². The molecule has 0 aliphatic rings. The Morgan fingerprint density at radius 1 is 0.850 bits per heavy atom. The molecular formula is C14H7Br2F3O. The van der Waals surface area contributed by atoms with Gasteiger partial charge in [-0.2, -0.15) is 13.2 Å². The fourth-order valence-electron chi connectivity index (χ4n) is 1.66. The molecule has 0 aromatic heterocycles. The zero-order chi connectivity index (χ0) is 14.9. The van der Waals surface area contributed by atoms with Crippen molar-refractivity contribution >= 4 is 37.6 Å². The van der Waals surface area contributed by atoms with Crippen molar-refractivity contribution in [2.24, 2.45) is 0 Å². The van der Waals surface area contributed by atoms with Gasteiger partial charge in [-0.1, -0.05) is 44.0 Å². The number of benzene rings is 2. The zero-order valence-corrected chi connectivity index (χ0v) is 13.0. The van der Waals surface area contributed by atoms with Crippen molar-refractivity contribution in [2.45, 2.75) is 6.18 Å². The molecule has 104 valence electrons. The van der Waals surface area contributed by atoms with Crippen LogP contribution in [0.3, 0.4) is 0 Å². The third kappa shape index (κ3) is 3.49. The third-order valence-electron chi connectivity index (χ3n) is 2.60. The minimum absolute atomic E-state index is 0.211. The van der Waals surface area contributed by atoms with Crippen LogP contribution in [-0.4, -0.2) is 5.78 Å². The van der Waals surface area contributed by atoms with Crippen LogP contribution < -0.4 is 0 Å². The van der Waals surface area contributed by atoms with E-state index < -0.39 is 11.7 Å². The second-order valence-corrected chi connectivity index (χ2v) is 5.89. The maximum Gasteiger partial charge on any atom is 0.416 e. The van der Waals surface area contributed by atoms with Gasteiger partial charge in [-0.05, 0) is 30.3 Å². The summed E-state index contributed by atoms with van der Waals surface area (Å²) in [7, 11) is 0. The minimum atomic E-state index is -4.40. The van der Waals surface area contributed by atoms with Crippen molar-refractivity contribution in [1.82, 2.24) is 0 Å². The van der Waals surface area contributed by atoms with E-state index in [0.717, 1.165) is 12.1 Å². The standard InChI is InChI=1S/C14H7Br2F3O/c15-11-5-9(6-12(16)7-11)13(20)8-1-3-10(4-2-8)14(17,18)19/h1-7H. The number of carbonyl (C=O) groups is 1. The maximum atomic E-state index is 12.5. The number of hydrogen-bond acceptors (Lipinski definition) is 1. The molecule has 0 amide bonds. The molecule has 2 aromatic rings. The highest BCUT2D eigenvalue weighted by molar-refractivity contribution is 9.11. The molecule has 0 bridgehead atoms. The Morgan fingerprint density at radius 2 is 1.35 bits per heavy atom. The van der Waals surface area contributed by atoms with Crippen LogP contribution in [-0.2, 0) is 6.18 Å². The first-order valence-electron chi connectivity index (χ1n) is 5.45. The maximum absolute atomic E-state index is 12.5. The Balaban J connectivity index is 2.34. The summed E-state index contributed by atoms with van der Waals surface area (Å²) in [5.41, 5.74) is -0.168. The number of alkyl halides is 3. The fourth-order valence-corrected chi connectivity index (χ4v) is 2.96. The zero-order valence-electron chi connectivity index (χ0n) is 9.84. The second kappa shape index (κ2) is 5.69. The molecule has 20 heavy (non-hydrogen) atoms. The van der Waals surface area contributed by atoms with Crippen LogP contribution in [0.4, 0.5) is 13.2 Å². The lowest BCUT2D eigenvalue weighted by Crippen LogP contribution is -2.06. The smallest absolute Gasteiger partial charge is 0.289 e. The first-order chi connectivity index (χ1) is 9.27. The first kappa shape index (κ1) is 15.3. The summed E-state index contributed by atoms with van der Waals surface area (Å²) in [5, 5.41) is 0. The summed E-state index contributed by atoms with van der Waals surface area (Å²) in [6.07, 6.45) is -4.40. The molecule has 0 unspecified atom stereocenters. The van der Waals surface area contributed by atoms with E-state index >= 15 is 0 Å². The molecule has 0 atom stereocenters. The van der Waals surface area contributed by atoms with E-state index in [-0.39, 0.29) is 11.3 Å². The van der Waals surface area contributed by atoms with Crippen LogP contribution in [0.15, 0.2) is 51.4 Å². The van der Waals surface area contributed by atoms with Crippen molar-refractivity contribution in [3.63, 3.8) is 0 Å². The SMILES string of the molecule is O=C(c1ccc(C(F)(F)F)cc1)c1cc(Br)cc(Br)c1. The molecule has 0 radical (unpaired) electrons. The first-order valence-corrected chi connectivity index (χ1v) is 7.04. The summed E-state index contributed by atoms with van der Waals surface area (Å²) >= 11 is 6.52. The van der Waals surface area contributed by atoms with Gasteiger partial charge in [0.15, 0.2) is 5.78 Å². The molecule has 0 spiro atoms. The van der Waals surface area contributed by atoms with Crippen LogP contribution in [0.2, 0.25) is 0 Å². The molecule has 0 heterocycles. The number of carbonyl (C=O) groups excluding carboxylic acids is 1. The van der Waals surface area contributed by atoms with Gasteiger partial charge in [-0.15, -0.1) is 0 Å². The lowest BCUT2D eigenvalue weighted by molar-refractivity contribution is -0.137. The van der Waals surface area contributed by atoms with E-state index in [1.807, 2.05) is 0 Å². The number of halogens is 5. The average molecular weight is 408 g/mol. The second-order valence-electron chi connectivity index (χ2n) is 4.06. The topological polar surface area (TPSA) is 17.1 Å².